The van der Waals surface area contributed by atoms with Crippen LogP contribution in [-0.2, 0) is 19.1 Å². The minimum absolute atomic E-state index is 0.0454. The summed E-state index contributed by atoms with van der Waals surface area (Å²) < 4.78 is 9.70. The number of carbonyl (C=O) groups is 2. The molecular formula is C11H18Br2O4. The van der Waals surface area contributed by atoms with Crippen molar-refractivity contribution in [2.45, 2.75) is 42.8 Å². The molecule has 0 aromatic carbocycles. The van der Waals surface area contributed by atoms with Crippen LogP contribution in [0.4, 0.5) is 0 Å². The van der Waals surface area contributed by atoms with Gasteiger partial charge in [-0.25, -0.2) is 0 Å². The molecule has 0 aromatic rings. The second-order valence-corrected chi connectivity index (χ2v) is 5.53. The van der Waals surface area contributed by atoms with Crippen molar-refractivity contribution >= 4 is 43.8 Å². The first-order valence-corrected chi connectivity index (χ1v) is 7.46. The second-order valence-electron chi connectivity index (χ2n) is 3.37. The van der Waals surface area contributed by atoms with Gasteiger partial charge < -0.3 is 9.47 Å². The fourth-order valence-corrected chi connectivity index (χ4v) is 2.13. The van der Waals surface area contributed by atoms with Crippen LogP contribution < -0.4 is 0 Å². The highest BCUT2D eigenvalue weighted by molar-refractivity contribution is 9.12. The summed E-state index contributed by atoms with van der Waals surface area (Å²) in [5.74, 6) is -0.486. The Labute approximate surface area is 119 Å². The van der Waals surface area contributed by atoms with E-state index in [1.807, 2.05) is 0 Å². The van der Waals surface area contributed by atoms with Gasteiger partial charge in [0, 0.05) is 11.2 Å². The second kappa shape index (κ2) is 9.88. The first kappa shape index (κ1) is 16.9. The minimum atomic E-state index is -0.385. The largest absolute Gasteiger partial charge is 0.466 e. The van der Waals surface area contributed by atoms with Gasteiger partial charge in [-0.15, -0.1) is 0 Å². The van der Waals surface area contributed by atoms with Gasteiger partial charge in [-0.2, -0.15) is 0 Å². The van der Waals surface area contributed by atoms with Gasteiger partial charge in [0.05, 0.1) is 13.2 Å². The van der Waals surface area contributed by atoms with Crippen molar-refractivity contribution in [3.63, 3.8) is 0 Å². The summed E-state index contributed by atoms with van der Waals surface area (Å²) in [6.45, 7) is 4.31. The topological polar surface area (TPSA) is 52.6 Å². The molecule has 4 nitrogen and oxygen atoms in total. The van der Waals surface area contributed by atoms with E-state index < -0.39 is 0 Å². The zero-order valence-electron chi connectivity index (χ0n) is 10.1. The number of halogens is 2. The summed E-state index contributed by atoms with van der Waals surface area (Å²) in [5, 5.41) is 0. The molecule has 0 N–H and O–H groups in total. The summed E-state index contributed by atoms with van der Waals surface area (Å²) in [5.41, 5.74) is 0. The zero-order chi connectivity index (χ0) is 13.3. The van der Waals surface area contributed by atoms with E-state index in [4.69, 9.17) is 9.47 Å². The van der Waals surface area contributed by atoms with Gasteiger partial charge >= 0.3 is 11.9 Å². The molecule has 0 heterocycles. The monoisotopic (exact) mass is 372 g/mol. The van der Waals surface area contributed by atoms with Gasteiger partial charge in [-0.3, -0.25) is 9.59 Å². The maximum absolute atomic E-state index is 11.4. The Morgan fingerprint density at radius 1 is 1.12 bits per heavy atom. The molecule has 0 fully saturated rings. The third-order valence-electron chi connectivity index (χ3n) is 2.00. The molecule has 0 bridgehead atoms. The minimum Gasteiger partial charge on any atom is -0.466 e. The maximum atomic E-state index is 11.4. The molecular weight excluding hydrogens is 356 g/mol. The summed E-state index contributed by atoms with van der Waals surface area (Å²) in [6, 6.07) is 0. The number of carbonyl (C=O) groups excluding carboxylic acids is 2. The Kier molecular flexibility index (Phi) is 9.82. The predicted molar refractivity (Wildman–Crippen MR) is 72.5 cm³/mol. The van der Waals surface area contributed by atoms with Crippen LogP contribution in [0.15, 0.2) is 0 Å². The van der Waals surface area contributed by atoms with Crippen molar-refractivity contribution < 1.29 is 19.1 Å². The van der Waals surface area contributed by atoms with Crippen LogP contribution in [0.1, 0.15) is 33.1 Å². The molecule has 0 spiro atoms. The lowest BCUT2D eigenvalue weighted by Crippen LogP contribution is -2.26. The molecule has 2 atom stereocenters. The highest BCUT2D eigenvalue weighted by atomic mass is 79.9. The molecule has 0 amide bonds. The van der Waals surface area contributed by atoms with Gasteiger partial charge in [0.2, 0.25) is 0 Å². The number of esters is 2. The summed E-state index contributed by atoms with van der Waals surface area (Å²) in [7, 11) is 0. The number of ether oxygens (including phenoxy) is 2. The number of hydrogen-bond acceptors (Lipinski definition) is 4. The first-order chi connectivity index (χ1) is 8.02. The SMILES string of the molecule is CCOC(=O)CCCC(Br)C(Br)C(=O)OCC. The smallest absolute Gasteiger partial charge is 0.320 e. The standard InChI is InChI=1S/C11H18Br2O4/c1-3-16-9(14)7-5-6-8(12)10(13)11(15)17-4-2/h8,10H,3-7H2,1-2H3. The molecule has 0 aliphatic rings. The van der Waals surface area contributed by atoms with Gasteiger partial charge in [0.1, 0.15) is 4.83 Å². The molecule has 0 aromatic heterocycles. The van der Waals surface area contributed by atoms with E-state index >= 15 is 0 Å². The molecule has 2 unspecified atom stereocenters. The van der Waals surface area contributed by atoms with Crippen molar-refractivity contribution in [1.82, 2.24) is 0 Å². The molecule has 0 saturated carbocycles. The van der Waals surface area contributed by atoms with E-state index in [1.165, 1.54) is 0 Å². The van der Waals surface area contributed by atoms with Gasteiger partial charge in [0.15, 0.2) is 0 Å². The van der Waals surface area contributed by atoms with Crippen LogP contribution in [0.25, 0.3) is 0 Å². The van der Waals surface area contributed by atoms with Crippen molar-refractivity contribution in [2.75, 3.05) is 13.2 Å². The van der Waals surface area contributed by atoms with E-state index in [9.17, 15) is 9.59 Å². The average Bonchev–Trinajstić information content (AvgIpc) is 2.28. The van der Waals surface area contributed by atoms with Crippen molar-refractivity contribution in [3.8, 4) is 0 Å². The van der Waals surface area contributed by atoms with Crippen LogP contribution in [0.3, 0.4) is 0 Å². The lowest BCUT2D eigenvalue weighted by Gasteiger charge is -2.14. The highest BCUT2D eigenvalue weighted by Gasteiger charge is 2.24. The Hall–Kier alpha value is -0.100. The average molecular weight is 374 g/mol. The lowest BCUT2D eigenvalue weighted by atomic mass is 10.1. The normalized spacial score (nSPS) is 13.9. The number of rotatable bonds is 8. The van der Waals surface area contributed by atoms with E-state index in [0.29, 0.717) is 32.5 Å². The number of hydrogen-bond donors (Lipinski definition) is 0. The highest BCUT2D eigenvalue weighted by Crippen LogP contribution is 2.21. The van der Waals surface area contributed by atoms with E-state index in [-0.39, 0.29) is 21.6 Å². The third-order valence-corrected chi connectivity index (χ3v) is 4.70. The van der Waals surface area contributed by atoms with Gasteiger partial charge in [0.25, 0.3) is 0 Å². The molecule has 17 heavy (non-hydrogen) atoms. The fraction of sp³-hybridized carbons (Fsp3) is 0.818. The van der Waals surface area contributed by atoms with Crippen LogP contribution in [0.2, 0.25) is 0 Å². The molecule has 0 aliphatic carbocycles. The van der Waals surface area contributed by atoms with Crippen LogP contribution in [0.5, 0.6) is 0 Å². The van der Waals surface area contributed by atoms with E-state index in [1.54, 1.807) is 13.8 Å². The zero-order valence-corrected chi connectivity index (χ0v) is 13.3. The molecule has 0 rings (SSSR count). The summed E-state index contributed by atoms with van der Waals surface area (Å²) in [4.78, 5) is 22.1. The Bertz CT molecular complexity index is 246. The summed E-state index contributed by atoms with van der Waals surface area (Å²) in [6.07, 6.45) is 1.75. The molecule has 0 radical (unpaired) electrons. The maximum Gasteiger partial charge on any atom is 0.320 e. The van der Waals surface area contributed by atoms with Crippen molar-refractivity contribution in [3.05, 3.63) is 0 Å². The third kappa shape index (κ3) is 7.76. The first-order valence-electron chi connectivity index (χ1n) is 5.63. The molecule has 0 aliphatic heterocycles. The van der Waals surface area contributed by atoms with Crippen LogP contribution >= 0.6 is 31.9 Å². The Morgan fingerprint density at radius 3 is 2.24 bits per heavy atom. The molecule has 100 valence electrons. The Balaban J connectivity index is 3.81. The lowest BCUT2D eigenvalue weighted by molar-refractivity contribution is -0.143. The van der Waals surface area contributed by atoms with Crippen molar-refractivity contribution in [2.24, 2.45) is 0 Å². The molecule has 0 saturated heterocycles. The van der Waals surface area contributed by atoms with Gasteiger partial charge in [-0.05, 0) is 26.7 Å². The Morgan fingerprint density at radius 2 is 1.71 bits per heavy atom. The predicted octanol–water partition coefficient (Wildman–Crippen LogP) is 2.81. The van der Waals surface area contributed by atoms with E-state index in [2.05, 4.69) is 31.9 Å². The van der Waals surface area contributed by atoms with Crippen molar-refractivity contribution in [1.29, 1.82) is 0 Å². The molecule has 6 heteroatoms. The van der Waals surface area contributed by atoms with Crippen LogP contribution in [0, 0.1) is 0 Å². The van der Waals surface area contributed by atoms with E-state index in [0.717, 1.165) is 0 Å². The fourth-order valence-electron chi connectivity index (χ4n) is 1.19. The summed E-state index contributed by atoms with van der Waals surface area (Å²) >= 11 is 6.67. The number of alkyl halides is 2. The quantitative estimate of drug-likeness (QED) is 0.485. The van der Waals surface area contributed by atoms with Crippen LogP contribution in [-0.4, -0.2) is 34.8 Å². The van der Waals surface area contributed by atoms with Gasteiger partial charge in [-0.1, -0.05) is 31.9 Å².